The number of nitrogens with zero attached hydrogens (tertiary/aromatic N) is 1. The van der Waals surface area contributed by atoms with E-state index in [0.717, 1.165) is 10.6 Å². The van der Waals surface area contributed by atoms with Gasteiger partial charge in [0.25, 0.3) is 0 Å². The predicted octanol–water partition coefficient (Wildman–Crippen LogP) is 3.38. The molecule has 0 aliphatic rings. The van der Waals surface area contributed by atoms with Gasteiger partial charge < -0.3 is 14.8 Å². The molecule has 6 nitrogen and oxygen atoms in total. The zero-order valence-electron chi connectivity index (χ0n) is 16.5. The van der Waals surface area contributed by atoms with Crippen molar-refractivity contribution in [2.75, 3.05) is 14.2 Å². The molecule has 148 valence electrons. The maximum atomic E-state index is 12.6. The van der Waals surface area contributed by atoms with Gasteiger partial charge in [-0.15, -0.1) is 11.3 Å². The van der Waals surface area contributed by atoms with Gasteiger partial charge in [-0.2, -0.15) is 0 Å². The summed E-state index contributed by atoms with van der Waals surface area (Å²) >= 11 is 1.45. The van der Waals surface area contributed by atoms with Crippen LogP contribution < -0.4 is 14.8 Å². The fourth-order valence-corrected chi connectivity index (χ4v) is 4.28. The number of carbonyl (C=O) groups is 1. The first-order valence-electron chi connectivity index (χ1n) is 8.50. The van der Waals surface area contributed by atoms with Crippen molar-refractivity contribution >= 4 is 28.0 Å². The highest BCUT2D eigenvalue weighted by atomic mass is 32.2. The van der Waals surface area contributed by atoms with Crippen LogP contribution in [0.25, 0.3) is 10.6 Å². The molecule has 0 fully saturated rings. The van der Waals surface area contributed by atoms with Crippen LogP contribution in [0.5, 0.6) is 11.5 Å². The Balaban J connectivity index is 2.12. The van der Waals surface area contributed by atoms with Gasteiger partial charge in [-0.25, -0.2) is 4.98 Å². The monoisotopic (exact) mass is 410 g/mol. The molecule has 0 bridgehead atoms. The van der Waals surface area contributed by atoms with Crippen molar-refractivity contribution in [3.8, 4) is 22.1 Å². The van der Waals surface area contributed by atoms with Crippen LogP contribution in [0.4, 0.5) is 0 Å². The van der Waals surface area contributed by atoms with Crippen molar-refractivity contribution in [3.63, 3.8) is 0 Å². The second kappa shape index (κ2) is 8.84. The maximum Gasteiger partial charge on any atom is 0.235 e. The number of aromatic nitrogens is 1. The van der Waals surface area contributed by atoms with E-state index in [4.69, 9.17) is 9.47 Å². The van der Waals surface area contributed by atoms with Crippen molar-refractivity contribution < 1.29 is 18.5 Å². The minimum absolute atomic E-state index is 0.215. The lowest BCUT2D eigenvalue weighted by Gasteiger charge is -2.22. The molecule has 2 unspecified atom stereocenters. The highest BCUT2D eigenvalue weighted by Gasteiger charge is 2.24. The average molecular weight is 411 g/mol. The first-order valence-corrected chi connectivity index (χ1v) is 10.8. The Hall–Kier alpha value is -1.93. The molecule has 0 saturated carbocycles. The summed E-state index contributed by atoms with van der Waals surface area (Å²) in [5.74, 6) is 1.38. The zero-order chi connectivity index (χ0) is 20.2. The first-order chi connectivity index (χ1) is 12.6. The molecule has 1 N–H and O–H groups in total. The van der Waals surface area contributed by atoms with Crippen LogP contribution in [0.2, 0.25) is 0 Å². The molecule has 0 saturated heterocycles. The number of thiazole rings is 1. The van der Waals surface area contributed by atoms with Gasteiger partial charge in [0.2, 0.25) is 5.91 Å². The van der Waals surface area contributed by atoms with E-state index in [-0.39, 0.29) is 17.2 Å². The van der Waals surface area contributed by atoms with Gasteiger partial charge in [0.1, 0.15) is 21.8 Å². The Kier molecular flexibility index (Phi) is 7.00. The highest BCUT2D eigenvalue weighted by Crippen LogP contribution is 2.35. The number of hydrogen-bond donors (Lipinski definition) is 1. The molecule has 1 amide bonds. The molecule has 0 aliphatic heterocycles. The lowest BCUT2D eigenvalue weighted by molar-refractivity contribution is -0.121. The van der Waals surface area contributed by atoms with Crippen molar-refractivity contribution in [2.24, 2.45) is 0 Å². The summed E-state index contributed by atoms with van der Waals surface area (Å²) in [6, 6.07) is 5.53. The Bertz CT molecular complexity index is 827. The topological polar surface area (TPSA) is 77.5 Å². The Morgan fingerprint density at radius 1 is 1.30 bits per heavy atom. The number of hydrogen-bond acceptors (Lipinski definition) is 6. The Morgan fingerprint density at radius 2 is 2.00 bits per heavy atom. The molecule has 0 radical (unpaired) electrons. The number of amides is 1. The van der Waals surface area contributed by atoms with Crippen LogP contribution in [0, 0.1) is 0 Å². The molecule has 1 heterocycles. The van der Waals surface area contributed by atoms with Gasteiger partial charge in [0.15, 0.2) is 0 Å². The van der Waals surface area contributed by atoms with Gasteiger partial charge in [-0.1, -0.05) is 0 Å². The van der Waals surface area contributed by atoms with Gasteiger partial charge in [0.05, 0.1) is 31.2 Å². The molecule has 0 aliphatic carbocycles. The number of ether oxygens (including phenoxy) is 2. The molecule has 1 aromatic carbocycles. The fraction of sp³-hybridized carbons (Fsp3) is 0.474. The number of rotatable bonds is 7. The Morgan fingerprint density at radius 3 is 2.59 bits per heavy atom. The maximum absolute atomic E-state index is 12.6. The van der Waals surface area contributed by atoms with Crippen LogP contribution in [0.3, 0.4) is 0 Å². The Labute approximate surface area is 166 Å². The summed E-state index contributed by atoms with van der Waals surface area (Å²) < 4.78 is 23.2. The molecule has 27 heavy (non-hydrogen) atoms. The summed E-state index contributed by atoms with van der Waals surface area (Å²) in [7, 11) is 1.84. The zero-order valence-corrected chi connectivity index (χ0v) is 18.1. The lowest BCUT2D eigenvalue weighted by Crippen LogP contribution is -2.46. The van der Waals surface area contributed by atoms with Crippen LogP contribution in [0.1, 0.15) is 33.4 Å². The van der Waals surface area contributed by atoms with E-state index in [2.05, 4.69) is 10.3 Å². The third-order valence-electron chi connectivity index (χ3n) is 3.74. The van der Waals surface area contributed by atoms with E-state index in [1.807, 2.05) is 38.3 Å². The minimum Gasteiger partial charge on any atom is -0.497 e. The van der Waals surface area contributed by atoms with E-state index in [1.54, 1.807) is 27.2 Å². The van der Waals surface area contributed by atoms with E-state index in [1.165, 1.54) is 11.3 Å². The van der Waals surface area contributed by atoms with Crippen molar-refractivity contribution in [1.29, 1.82) is 0 Å². The van der Waals surface area contributed by atoms with Gasteiger partial charge in [-0.3, -0.25) is 9.00 Å². The predicted molar refractivity (Wildman–Crippen MR) is 110 cm³/mol. The second-order valence-electron chi connectivity index (χ2n) is 7.12. The molecular weight excluding hydrogens is 384 g/mol. The van der Waals surface area contributed by atoms with Crippen molar-refractivity contribution in [3.05, 3.63) is 29.3 Å². The molecule has 2 aromatic rings. The normalized spacial score (nSPS) is 13.7. The summed E-state index contributed by atoms with van der Waals surface area (Å²) in [6.07, 6.45) is 0. The van der Waals surface area contributed by atoms with Gasteiger partial charge >= 0.3 is 0 Å². The van der Waals surface area contributed by atoms with Gasteiger partial charge in [-0.05, 0) is 39.8 Å². The molecule has 8 heteroatoms. The first kappa shape index (κ1) is 21.4. The number of nitrogens with one attached hydrogen (secondary N) is 1. The summed E-state index contributed by atoms with van der Waals surface area (Å²) in [5.41, 5.74) is 1.19. The van der Waals surface area contributed by atoms with E-state index in [9.17, 15) is 9.00 Å². The van der Waals surface area contributed by atoms with Crippen LogP contribution in [-0.4, -0.2) is 40.1 Å². The van der Waals surface area contributed by atoms with Crippen molar-refractivity contribution in [2.45, 2.75) is 44.2 Å². The molecule has 1 aromatic heterocycles. The fourth-order valence-electron chi connectivity index (χ4n) is 2.33. The molecule has 0 spiro atoms. The third kappa shape index (κ3) is 5.77. The molecular formula is C19H26N2O4S2. The minimum atomic E-state index is -1.35. The molecule has 2 rings (SSSR count). The van der Waals surface area contributed by atoms with Crippen LogP contribution >= 0.6 is 11.3 Å². The smallest absolute Gasteiger partial charge is 0.235 e. The largest absolute Gasteiger partial charge is 0.497 e. The van der Waals surface area contributed by atoms with E-state index in [0.29, 0.717) is 17.2 Å². The van der Waals surface area contributed by atoms with Gasteiger partial charge in [0, 0.05) is 27.8 Å². The average Bonchev–Trinajstić information content (AvgIpc) is 3.07. The second-order valence-corrected chi connectivity index (χ2v) is 9.73. The van der Waals surface area contributed by atoms with Crippen LogP contribution in [-0.2, 0) is 21.3 Å². The highest BCUT2D eigenvalue weighted by molar-refractivity contribution is 7.85. The van der Waals surface area contributed by atoms with Crippen molar-refractivity contribution in [1.82, 2.24) is 10.3 Å². The quantitative estimate of drug-likeness (QED) is 0.757. The van der Waals surface area contributed by atoms with Crippen LogP contribution in [0.15, 0.2) is 23.6 Å². The summed E-state index contributed by atoms with van der Waals surface area (Å²) in [4.78, 5) is 16.8. The number of methoxy groups -OCH3 is 2. The summed E-state index contributed by atoms with van der Waals surface area (Å²) in [5, 5.41) is 4.90. The third-order valence-corrected chi connectivity index (χ3v) is 6.25. The SMILES string of the molecule is COc1ccc(-c2nc(CS(=O)C(C)C(=O)NC(C)(C)C)cs2)c(OC)c1. The number of carbonyl (C=O) groups excluding carboxylic acids is 1. The summed E-state index contributed by atoms with van der Waals surface area (Å²) in [6.45, 7) is 7.37. The lowest BCUT2D eigenvalue weighted by atomic mass is 10.1. The molecule has 2 atom stereocenters. The number of benzene rings is 1. The van der Waals surface area contributed by atoms with E-state index < -0.39 is 16.0 Å². The van der Waals surface area contributed by atoms with E-state index >= 15 is 0 Å². The standard InChI is InChI=1S/C19H26N2O4S2/c1-12(17(22)21-19(2,3)4)27(23)11-13-10-26-18(20-13)15-8-7-14(24-5)9-16(15)25-6/h7-10,12H,11H2,1-6H3,(H,21,22).